The van der Waals surface area contributed by atoms with Gasteiger partial charge in [0, 0.05) is 41.0 Å². The van der Waals surface area contributed by atoms with Gasteiger partial charge in [-0.25, -0.2) is 4.79 Å². The number of carbonyl (C=O) groups excluding carboxylic acids is 2. The van der Waals surface area contributed by atoms with Crippen LogP contribution in [0.5, 0.6) is 23.0 Å². The topological polar surface area (TPSA) is 92.3 Å². The van der Waals surface area contributed by atoms with Gasteiger partial charge in [0.05, 0.1) is 34.0 Å². The minimum Gasteiger partial charge on any atom is -0.496 e. The molecule has 4 rings (SSSR count). The van der Waals surface area contributed by atoms with Gasteiger partial charge in [0.15, 0.2) is 17.3 Å². The van der Waals surface area contributed by atoms with E-state index >= 15 is 0 Å². The van der Waals surface area contributed by atoms with Crippen LogP contribution in [0.1, 0.15) is 49.7 Å². The Bertz CT molecular complexity index is 1310. The summed E-state index contributed by atoms with van der Waals surface area (Å²) >= 11 is 1.70. The Kier molecular flexibility index (Phi) is 9.68. The van der Waals surface area contributed by atoms with Gasteiger partial charge < -0.3 is 29.0 Å². The van der Waals surface area contributed by atoms with Crippen molar-refractivity contribution in [2.24, 2.45) is 0 Å². The molecule has 0 aromatic heterocycles. The quantitative estimate of drug-likeness (QED) is 0.284. The van der Waals surface area contributed by atoms with Gasteiger partial charge in [-0.15, -0.1) is 0 Å². The molecule has 0 bridgehead atoms. The predicted molar refractivity (Wildman–Crippen MR) is 156 cm³/mol. The fraction of sp³-hybridized carbons (Fsp3) is 0.419. The molecule has 0 radical (unpaired) electrons. The molecular weight excluding hydrogens is 530 g/mol. The Balaban J connectivity index is 1.83. The van der Waals surface area contributed by atoms with E-state index in [9.17, 15) is 9.59 Å². The number of hydrogen-bond donors (Lipinski definition) is 1. The van der Waals surface area contributed by atoms with Crippen LogP contribution >= 0.6 is 11.8 Å². The molecule has 8 nitrogen and oxygen atoms in total. The maximum Gasteiger partial charge on any atom is 0.336 e. The van der Waals surface area contributed by atoms with E-state index in [1.54, 1.807) is 45.2 Å². The Morgan fingerprint density at radius 2 is 1.65 bits per heavy atom. The summed E-state index contributed by atoms with van der Waals surface area (Å²) in [5, 5.41) is 3.40. The van der Waals surface area contributed by atoms with E-state index in [0.29, 0.717) is 51.8 Å². The van der Waals surface area contributed by atoms with Crippen LogP contribution in [0.3, 0.4) is 0 Å². The largest absolute Gasteiger partial charge is 0.496 e. The number of thioether (sulfide) groups is 1. The zero-order valence-electron chi connectivity index (χ0n) is 23.9. The molecule has 1 heterocycles. The number of esters is 1. The second kappa shape index (κ2) is 13.2. The van der Waals surface area contributed by atoms with E-state index in [1.807, 2.05) is 31.2 Å². The van der Waals surface area contributed by atoms with Crippen molar-refractivity contribution in [2.75, 3.05) is 46.6 Å². The van der Waals surface area contributed by atoms with E-state index in [0.717, 1.165) is 22.8 Å². The summed E-state index contributed by atoms with van der Waals surface area (Å²) in [6.07, 6.45) is 0.880. The third kappa shape index (κ3) is 5.80. The Labute approximate surface area is 240 Å². The van der Waals surface area contributed by atoms with Crippen molar-refractivity contribution >= 4 is 23.5 Å². The van der Waals surface area contributed by atoms with Crippen LogP contribution < -0.4 is 24.3 Å². The van der Waals surface area contributed by atoms with Gasteiger partial charge in [0.2, 0.25) is 5.75 Å². The molecule has 2 aromatic carbocycles. The highest BCUT2D eigenvalue weighted by molar-refractivity contribution is 7.99. The number of ketones is 1. The van der Waals surface area contributed by atoms with E-state index in [1.165, 1.54) is 7.11 Å². The van der Waals surface area contributed by atoms with Gasteiger partial charge >= 0.3 is 5.97 Å². The first kappa shape index (κ1) is 29.4. The molecule has 2 aromatic rings. The van der Waals surface area contributed by atoms with E-state index in [4.69, 9.17) is 23.7 Å². The van der Waals surface area contributed by atoms with Crippen molar-refractivity contribution in [1.82, 2.24) is 5.32 Å². The molecule has 0 unspecified atom stereocenters. The van der Waals surface area contributed by atoms with E-state index < -0.39 is 11.9 Å². The van der Waals surface area contributed by atoms with Crippen LogP contribution in [0.2, 0.25) is 0 Å². The van der Waals surface area contributed by atoms with E-state index in [2.05, 4.69) is 12.2 Å². The summed E-state index contributed by atoms with van der Waals surface area (Å²) in [7, 11) is 6.26. The van der Waals surface area contributed by atoms with Gasteiger partial charge in [0.1, 0.15) is 12.4 Å². The monoisotopic (exact) mass is 567 g/mol. The molecule has 0 spiro atoms. The standard InChI is InChI=1S/C31H37NO7S/c1-7-40-13-12-39-31(34)27-18(2)32-22-14-19(21-10-8-9-11-24(21)35-3)15-23(33)29(22)28(27)20-16-25(36-4)30(38-6)26(17-20)37-5/h8-11,16-17,19,28,32H,7,12-15H2,1-6H3/t19-,28+/m0/s1. The minimum absolute atomic E-state index is 0.0391. The van der Waals surface area contributed by atoms with Crippen LogP contribution in [0.15, 0.2) is 58.9 Å². The summed E-state index contributed by atoms with van der Waals surface area (Å²) in [5.41, 5.74) is 4.07. The SMILES string of the molecule is CCSCCOC(=O)C1=C(C)NC2=C(C(=O)C[C@@H](c3ccccc3OC)C2)[C@@H]1c1cc(OC)c(OC)c(OC)c1. The first-order valence-electron chi connectivity index (χ1n) is 13.3. The van der Waals surface area contributed by atoms with Crippen molar-refractivity contribution in [3.8, 4) is 23.0 Å². The molecule has 1 N–H and O–H groups in total. The molecular formula is C31H37NO7S. The van der Waals surface area contributed by atoms with Crippen LogP contribution in [-0.2, 0) is 14.3 Å². The predicted octanol–water partition coefficient (Wildman–Crippen LogP) is 5.38. The lowest BCUT2D eigenvalue weighted by Gasteiger charge is -2.37. The molecule has 1 aliphatic heterocycles. The minimum atomic E-state index is -0.664. The number of Topliss-reactive ketones (excluding diaryl/α,β-unsaturated/α-hetero) is 1. The van der Waals surface area contributed by atoms with Gasteiger partial charge in [-0.05, 0) is 48.4 Å². The number of dihydropyridines is 1. The molecule has 0 saturated carbocycles. The van der Waals surface area contributed by atoms with Crippen LogP contribution in [0, 0.1) is 0 Å². The summed E-state index contributed by atoms with van der Waals surface area (Å²) in [6.45, 7) is 4.20. The lowest BCUT2D eigenvalue weighted by atomic mass is 9.71. The number of rotatable bonds is 11. The first-order chi connectivity index (χ1) is 19.4. The molecule has 0 amide bonds. The summed E-state index contributed by atoms with van der Waals surface area (Å²) < 4.78 is 28.1. The number of ether oxygens (including phenoxy) is 5. The number of hydrogen-bond acceptors (Lipinski definition) is 9. The van der Waals surface area contributed by atoms with Gasteiger partial charge in [0.25, 0.3) is 0 Å². The summed E-state index contributed by atoms with van der Waals surface area (Å²) in [5.74, 6) is 2.49. The van der Waals surface area contributed by atoms with Crippen molar-refractivity contribution < 1.29 is 33.3 Å². The second-order valence-corrected chi connectivity index (χ2v) is 10.9. The Morgan fingerprint density at radius 1 is 0.975 bits per heavy atom. The first-order valence-corrected chi connectivity index (χ1v) is 14.5. The number of nitrogens with one attached hydrogen (secondary N) is 1. The zero-order valence-corrected chi connectivity index (χ0v) is 24.7. The van der Waals surface area contributed by atoms with Gasteiger partial charge in [-0.1, -0.05) is 25.1 Å². The lowest BCUT2D eigenvalue weighted by molar-refractivity contribution is -0.138. The number of methoxy groups -OCH3 is 4. The molecule has 9 heteroatoms. The average molecular weight is 568 g/mol. The third-order valence-electron chi connectivity index (χ3n) is 7.31. The number of benzene rings is 2. The molecule has 0 saturated heterocycles. The highest BCUT2D eigenvalue weighted by Crippen LogP contribution is 2.49. The van der Waals surface area contributed by atoms with Crippen molar-refractivity contribution in [3.05, 3.63) is 70.1 Å². The zero-order chi connectivity index (χ0) is 28.8. The summed E-state index contributed by atoms with van der Waals surface area (Å²) in [4.78, 5) is 27.6. The molecule has 0 fully saturated rings. The number of carbonyl (C=O) groups is 2. The lowest BCUT2D eigenvalue weighted by Crippen LogP contribution is -2.36. The Morgan fingerprint density at radius 3 is 2.27 bits per heavy atom. The maximum atomic E-state index is 14.0. The van der Waals surface area contributed by atoms with Crippen LogP contribution in [-0.4, -0.2) is 58.3 Å². The van der Waals surface area contributed by atoms with Crippen molar-refractivity contribution in [1.29, 1.82) is 0 Å². The third-order valence-corrected chi connectivity index (χ3v) is 8.18. The highest BCUT2D eigenvalue weighted by atomic mass is 32.2. The molecule has 40 heavy (non-hydrogen) atoms. The fourth-order valence-corrected chi connectivity index (χ4v) is 6.04. The average Bonchev–Trinajstić information content (AvgIpc) is 2.97. The van der Waals surface area contributed by atoms with E-state index in [-0.39, 0.29) is 24.7 Å². The van der Waals surface area contributed by atoms with Crippen LogP contribution in [0.4, 0.5) is 0 Å². The molecule has 2 aliphatic rings. The summed E-state index contributed by atoms with van der Waals surface area (Å²) in [6, 6.07) is 11.4. The molecule has 1 aliphatic carbocycles. The van der Waals surface area contributed by atoms with Gasteiger partial charge in [-0.3, -0.25) is 4.79 Å². The normalized spacial score (nSPS) is 18.6. The Hall–Kier alpha value is -3.59. The maximum absolute atomic E-state index is 14.0. The van der Waals surface area contributed by atoms with Gasteiger partial charge in [-0.2, -0.15) is 11.8 Å². The number of para-hydroxylation sites is 1. The smallest absolute Gasteiger partial charge is 0.336 e. The van der Waals surface area contributed by atoms with Crippen molar-refractivity contribution in [3.63, 3.8) is 0 Å². The second-order valence-electron chi connectivity index (χ2n) is 9.55. The number of allylic oxidation sites excluding steroid dienone is 3. The fourth-order valence-electron chi connectivity index (χ4n) is 5.55. The molecule has 214 valence electrons. The molecule has 2 atom stereocenters. The van der Waals surface area contributed by atoms with Crippen LogP contribution in [0.25, 0.3) is 0 Å². The highest BCUT2D eigenvalue weighted by Gasteiger charge is 2.42. The van der Waals surface area contributed by atoms with Crippen molar-refractivity contribution in [2.45, 2.75) is 38.5 Å².